The van der Waals surface area contributed by atoms with Gasteiger partial charge >= 0.3 is 0 Å². The molecule has 0 aliphatic heterocycles. The van der Waals surface area contributed by atoms with Crippen molar-refractivity contribution in [3.05, 3.63) is 49.3 Å². The van der Waals surface area contributed by atoms with Crippen LogP contribution >= 0.6 is 0 Å². The van der Waals surface area contributed by atoms with E-state index in [0.717, 1.165) is 30.4 Å². The Balaban J connectivity index is 2.11. The van der Waals surface area contributed by atoms with Crippen LogP contribution in [0.5, 0.6) is 5.75 Å². The fourth-order valence-corrected chi connectivity index (χ4v) is 1.81. The molecule has 106 valence electrons. The van der Waals surface area contributed by atoms with Gasteiger partial charge in [0.1, 0.15) is 5.75 Å². The Hall–Kier alpha value is -2.23. The monoisotopic (exact) mass is 271 g/mol. The van der Waals surface area contributed by atoms with E-state index in [1.807, 2.05) is 41.1 Å². The van der Waals surface area contributed by atoms with Crippen molar-refractivity contribution < 1.29 is 4.74 Å². The zero-order valence-electron chi connectivity index (χ0n) is 12.0. The number of imidazole rings is 1. The lowest BCUT2D eigenvalue weighted by Crippen LogP contribution is -2.09. The molecule has 0 saturated carbocycles. The minimum Gasteiger partial charge on any atom is -0.491 e. The number of nitrogens with one attached hydrogen (secondary N) is 1. The molecule has 4 nitrogen and oxygen atoms in total. The second kappa shape index (κ2) is 6.80. The van der Waals surface area contributed by atoms with Gasteiger partial charge in [-0.1, -0.05) is 19.1 Å². The molecule has 0 aliphatic rings. The average molecular weight is 271 g/mol. The number of nitrogens with zero attached hydrogens (tertiary/aromatic N) is 2. The number of hydrogen-bond donors (Lipinski definition) is 1. The summed E-state index contributed by atoms with van der Waals surface area (Å²) in [5, 5.41) is 3.29. The molecule has 1 heterocycles. The number of aromatic nitrogens is 2. The Labute approximate surface area is 120 Å². The van der Waals surface area contributed by atoms with Crippen molar-refractivity contribution in [2.75, 3.05) is 5.32 Å². The Kier molecular flexibility index (Phi) is 4.82. The Bertz CT molecular complexity index is 562. The molecule has 0 spiro atoms. The van der Waals surface area contributed by atoms with Gasteiger partial charge in [-0.25, -0.2) is 4.98 Å². The summed E-state index contributed by atoms with van der Waals surface area (Å²) < 4.78 is 7.81. The second-order valence-corrected chi connectivity index (χ2v) is 4.68. The maximum Gasteiger partial charge on any atom is 0.207 e. The number of allylic oxidation sites excluding steroid dienone is 1. The minimum atomic E-state index is 0.216. The summed E-state index contributed by atoms with van der Waals surface area (Å²) in [6, 6.07) is 7.92. The topological polar surface area (TPSA) is 39.1 Å². The molecule has 0 bridgehead atoms. The van der Waals surface area contributed by atoms with E-state index in [2.05, 4.69) is 30.7 Å². The van der Waals surface area contributed by atoms with Crippen molar-refractivity contribution in [3.8, 4) is 5.75 Å². The third-order valence-electron chi connectivity index (χ3n) is 3.04. The van der Waals surface area contributed by atoms with Crippen molar-refractivity contribution in [1.82, 2.24) is 9.55 Å². The fraction of sp³-hybridized carbons (Fsp3) is 0.312. The largest absolute Gasteiger partial charge is 0.491 e. The molecule has 1 atom stereocenters. The molecule has 0 aliphatic carbocycles. The van der Waals surface area contributed by atoms with Crippen LogP contribution in [0.2, 0.25) is 0 Å². The summed E-state index contributed by atoms with van der Waals surface area (Å²) in [6.45, 7) is 8.65. The highest BCUT2D eigenvalue weighted by Crippen LogP contribution is 2.22. The maximum absolute atomic E-state index is 5.82. The lowest BCUT2D eigenvalue weighted by Gasteiger charge is -2.14. The van der Waals surface area contributed by atoms with Gasteiger partial charge < -0.3 is 14.6 Å². The summed E-state index contributed by atoms with van der Waals surface area (Å²) in [6.07, 6.45) is 6.74. The van der Waals surface area contributed by atoms with Crippen LogP contribution in [0.25, 0.3) is 0 Å². The number of benzene rings is 1. The zero-order valence-corrected chi connectivity index (χ0v) is 12.0. The van der Waals surface area contributed by atoms with Crippen LogP contribution in [-0.2, 0) is 6.54 Å². The summed E-state index contributed by atoms with van der Waals surface area (Å²) in [5.41, 5.74) is 0.960. The number of hydrogen-bond acceptors (Lipinski definition) is 3. The van der Waals surface area contributed by atoms with Crippen LogP contribution in [0, 0.1) is 0 Å². The molecule has 1 aromatic heterocycles. The maximum atomic E-state index is 5.82. The average Bonchev–Trinajstić information content (AvgIpc) is 2.87. The minimum absolute atomic E-state index is 0.216. The quantitative estimate of drug-likeness (QED) is 0.774. The molecule has 1 unspecified atom stereocenters. The van der Waals surface area contributed by atoms with Gasteiger partial charge in [-0.15, -0.1) is 6.58 Å². The summed E-state index contributed by atoms with van der Waals surface area (Å²) in [4.78, 5) is 4.30. The first kappa shape index (κ1) is 14.2. The molecule has 2 aromatic rings. The third-order valence-corrected chi connectivity index (χ3v) is 3.04. The van der Waals surface area contributed by atoms with Gasteiger partial charge in [-0.2, -0.15) is 0 Å². The van der Waals surface area contributed by atoms with Crippen LogP contribution in [0.15, 0.2) is 49.3 Å². The molecular formula is C16H21N3O. The summed E-state index contributed by atoms with van der Waals surface area (Å²) >= 11 is 0. The van der Waals surface area contributed by atoms with Crippen LogP contribution < -0.4 is 10.1 Å². The predicted octanol–water partition coefficient (Wildman–Crippen LogP) is 3.99. The molecule has 2 rings (SSSR count). The Morgan fingerprint density at radius 1 is 1.50 bits per heavy atom. The van der Waals surface area contributed by atoms with Crippen LogP contribution in [0.4, 0.5) is 11.6 Å². The van der Waals surface area contributed by atoms with E-state index in [4.69, 9.17) is 4.74 Å². The first-order chi connectivity index (χ1) is 9.72. The normalized spacial score (nSPS) is 11.9. The van der Waals surface area contributed by atoms with Crippen LogP contribution in [0.3, 0.4) is 0 Å². The first-order valence-electron chi connectivity index (χ1n) is 6.88. The van der Waals surface area contributed by atoms with Gasteiger partial charge in [0.05, 0.1) is 6.10 Å². The molecule has 20 heavy (non-hydrogen) atoms. The standard InChI is InChI=1S/C16H21N3O/c1-4-10-19-11-9-17-16(19)18-14-7-6-8-15(12-14)20-13(3)5-2/h4,6-9,11-13H,1,5,10H2,2-3H3,(H,17,18). The predicted molar refractivity (Wildman–Crippen MR) is 82.5 cm³/mol. The number of rotatable bonds is 7. The van der Waals surface area contributed by atoms with Crippen LogP contribution in [0.1, 0.15) is 20.3 Å². The molecular weight excluding hydrogens is 250 g/mol. The van der Waals surface area contributed by atoms with Gasteiger partial charge in [0, 0.05) is 30.7 Å². The fourth-order valence-electron chi connectivity index (χ4n) is 1.81. The summed E-state index contributed by atoms with van der Waals surface area (Å²) in [7, 11) is 0. The van der Waals surface area contributed by atoms with Gasteiger partial charge in [0.15, 0.2) is 0 Å². The Morgan fingerprint density at radius 3 is 3.10 bits per heavy atom. The number of ether oxygens (including phenoxy) is 1. The molecule has 0 radical (unpaired) electrons. The van der Waals surface area contributed by atoms with E-state index in [-0.39, 0.29) is 6.10 Å². The van der Waals surface area contributed by atoms with E-state index in [1.54, 1.807) is 6.20 Å². The third kappa shape index (κ3) is 3.63. The van der Waals surface area contributed by atoms with Crippen molar-refractivity contribution in [1.29, 1.82) is 0 Å². The Morgan fingerprint density at radius 2 is 2.35 bits per heavy atom. The smallest absolute Gasteiger partial charge is 0.207 e. The highest BCUT2D eigenvalue weighted by molar-refractivity contribution is 5.56. The molecule has 0 saturated heterocycles. The molecule has 0 amide bonds. The molecule has 4 heteroatoms. The van der Waals surface area contributed by atoms with Crippen molar-refractivity contribution >= 4 is 11.6 Å². The van der Waals surface area contributed by atoms with Gasteiger partial charge in [0.2, 0.25) is 5.95 Å². The van der Waals surface area contributed by atoms with Crippen molar-refractivity contribution in [2.45, 2.75) is 32.9 Å². The molecule has 1 N–H and O–H groups in total. The van der Waals surface area contributed by atoms with Crippen molar-refractivity contribution in [3.63, 3.8) is 0 Å². The second-order valence-electron chi connectivity index (χ2n) is 4.68. The zero-order chi connectivity index (χ0) is 14.4. The molecule has 1 aromatic carbocycles. The number of anilines is 2. The summed E-state index contributed by atoms with van der Waals surface area (Å²) in [5.74, 6) is 1.66. The molecule has 0 fully saturated rings. The van der Waals surface area contributed by atoms with E-state index in [9.17, 15) is 0 Å². The van der Waals surface area contributed by atoms with E-state index in [0.29, 0.717) is 0 Å². The van der Waals surface area contributed by atoms with E-state index in [1.165, 1.54) is 0 Å². The SMILES string of the molecule is C=CCn1ccnc1Nc1cccc(OC(C)CC)c1. The van der Waals surface area contributed by atoms with Crippen LogP contribution in [-0.4, -0.2) is 15.7 Å². The van der Waals surface area contributed by atoms with Gasteiger partial charge in [-0.05, 0) is 25.5 Å². The van der Waals surface area contributed by atoms with Crippen molar-refractivity contribution in [2.24, 2.45) is 0 Å². The van der Waals surface area contributed by atoms with Gasteiger partial charge in [-0.3, -0.25) is 0 Å². The highest BCUT2D eigenvalue weighted by atomic mass is 16.5. The lowest BCUT2D eigenvalue weighted by atomic mass is 10.3. The lowest BCUT2D eigenvalue weighted by molar-refractivity contribution is 0.217. The van der Waals surface area contributed by atoms with E-state index < -0.39 is 0 Å². The van der Waals surface area contributed by atoms with E-state index >= 15 is 0 Å². The highest BCUT2D eigenvalue weighted by Gasteiger charge is 2.05. The van der Waals surface area contributed by atoms with Gasteiger partial charge in [0.25, 0.3) is 0 Å². The first-order valence-corrected chi connectivity index (χ1v) is 6.88.